The summed E-state index contributed by atoms with van der Waals surface area (Å²) in [6.45, 7) is 6.33. The molecule has 1 saturated heterocycles. The van der Waals surface area contributed by atoms with Gasteiger partial charge in [0.2, 0.25) is 5.91 Å². The molecule has 2 N–H and O–H groups in total. The molecule has 0 bridgehead atoms. The van der Waals surface area contributed by atoms with Gasteiger partial charge in [0.15, 0.2) is 0 Å². The molecule has 0 spiro atoms. The second kappa shape index (κ2) is 8.85. The fourth-order valence-electron chi connectivity index (χ4n) is 3.54. The van der Waals surface area contributed by atoms with E-state index in [1.807, 2.05) is 17.9 Å². The van der Waals surface area contributed by atoms with Gasteiger partial charge < -0.3 is 14.9 Å². The normalized spacial score (nSPS) is 15.8. The minimum absolute atomic E-state index is 0.0457. The number of amides is 1. The summed E-state index contributed by atoms with van der Waals surface area (Å²) in [7, 11) is 0. The molecule has 6 nitrogen and oxygen atoms in total. The van der Waals surface area contributed by atoms with E-state index in [0.29, 0.717) is 5.56 Å². The second-order valence-electron chi connectivity index (χ2n) is 7.02. The van der Waals surface area contributed by atoms with Crippen LogP contribution in [0.15, 0.2) is 35.1 Å². The Morgan fingerprint density at radius 2 is 1.88 bits per heavy atom. The van der Waals surface area contributed by atoms with Crippen LogP contribution >= 0.6 is 0 Å². The molecule has 0 radical (unpaired) electrons. The first kappa shape index (κ1) is 18.5. The average Bonchev–Trinajstić information content (AvgIpc) is 2.85. The van der Waals surface area contributed by atoms with Crippen molar-refractivity contribution in [3.05, 3.63) is 57.5 Å². The number of hydrogen-bond donors (Lipinski definition) is 2. The Bertz CT molecular complexity index is 766. The third-order valence-electron chi connectivity index (χ3n) is 5.14. The van der Waals surface area contributed by atoms with Crippen molar-refractivity contribution in [3.8, 4) is 0 Å². The van der Waals surface area contributed by atoms with E-state index in [9.17, 15) is 9.59 Å². The van der Waals surface area contributed by atoms with E-state index >= 15 is 0 Å². The maximum Gasteiger partial charge on any atom is 0.267 e. The first-order valence-corrected chi connectivity index (χ1v) is 9.43. The standard InChI is InChI=1S/C20H28N4O2/c1-16-18(20(26)22-21-16)15-19(25)24-12-6-11-23(13-14-24)10-5-9-17-7-3-2-4-8-17/h2-4,7-8H,5-6,9-15H2,1H3,(H2,21,22,26). The SMILES string of the molecule is Cc1[nH][nH]c(=O)c1CC(=O)N1CCCN(CCCc2ccccc2)CC1. The number of aromatic nitrogens is 2. The Balaban J connectivity index is 1.45. The van der Waals surface area contributed by atoms with Crippen LogP contribution in [0.2, 0.25) is 0 Å². The van der Waals surface area contributed by atoms with Crippen LogP contribution in [-0.4, -0.2) is 58.6 Å². The Labute approximate surface area is 154 Å². The Morgan fingerprint density at radius 1 is 1.08 bits per heavy atom. The molecular weight excluding hydrogens is 328 g/mol. The topological polar surface area (TPSA) is 72.2 Å². The predicted octanol–water partition coefficient (Wildman–Crippen LogP) is 1.72. The molecule has 1 amide bonds. The molecule has 1 fully saturated rings. The molecule has 26 heavy (non-hydrogen) atoms. The number of H-pyrrole nitrogens is 2. The van der Waals surface area contributed by atoms with Gasteiger partial charge in [0.1, 0.15) is 0 Å². The van der Waals surface area contributed by atoms with Gasteiger partial charge in [-0.15, -0.1) is 0 Å². The number of nitrogens with one attached hydrogen (secondary N) is 2. The lowest BCUT2D eigenvalue weighted by molar-refractivity contribution is -0.130. The predicted molar refractivity (Wildman–Crippen MR) is 102 cm³/mol. The van der Waals surface area contributed by atoms with E-state index in [-0.39, 0.29) is 17.9 Å². The number of carbonyl (C=O) groups excluding carboxylic acids is 1. The highest BCUT2D eigenvalue weighted by Gasteiger charge is 2.21. The first-order chi connectivity index (χ1) is 12.6. The molecule has 140 valence electrons. The number of nitrogens with zero attached hydrogens (tertiary/aromatic N) is 2. The zero-order chi connectivity index (χ0) is 18.4. The Hall–Kier alpha value is -2.34. The maximum absolute atomic E-state index is 12.6. The molecule has 0 saturated carbocycles. The van der Waals surface area contributed by atoms with Crippen molar-refractivity contribution in [3.63, 3.8) is 0 Å². The fourth-order valence-corrected chi connectivity index (χ4v) is 3.54. The van der Waals surface area contributed by atoms with Crippen molar-refractivity contribution in [1.82, 2.24) is 20.0 Å². The molecule has 6 heteroatoms. The summed E-state index contributed by atoms with van der Waals surface area (Å²) in [6, 6.07) is 10.6. The largest absolute Gasteiger partial charge is 0.341 e. The average molecular weight is 356 g/mol. The fraction of sp³-hybridized carbons (Fsp3) is 0.500. The van der Waals surface area contributed by atoms with E-state index in [4.69, 9.17) is 0 Å². The van der Waals surface area contributed by atoms with Crippen LogP contribution in [0.4, 0.5) is 0 Å². The van der Waals surface area contributed by atoms with E-state index in [0.717, 1.165) is 57.7 Å². The third-order valence-corrected chi connectivity index (χ3v) is 5.14. The van der Waals surface area contributed by atoms with Gasteiger partial charge in [-0.2, -0.15) is 0 Å². The minimum Gasteiger partial charge on any atom is -0.341 e. The highest BCUT2D eigenvalue weighted by atomic mass is 16.2. The molecule has 0 unspecified atom stereocenters. The molecule has 2 aromatic rings. The number of rotatable bonds is 6. The number of carbonyl (C=O) groups is 1. The van der Waals surface area contributed by atoms with Gasteiger partial charge in [-0.1, -0.05) is 30.3 Å². The summed E-state index contributed by atoms with van der Waals surface area (Å²) in [5.74, 6) is 0.0457. The van der Waals surface area contributed by atoms with Crippen LogP contribution in [0.1, 0.15) is 29.7 Å². The highest BCUT2D eigenvalue weighted by molar-refractivity contribution is 5.79. The molecule has 1 aromatic carbocycles. The lowest BCUT2D eigenvalue weighted by atomic mass is 10.1. The zero-order valence-corrected chi connectivity index (χ0v) is 15.5. The summed E-state index contributed by atoms with van der Waals surface area (Å²) < 4.78 is 0. The Morgan fingerprint density at radius 3 is 2.62 bits per heavy atom. The summed E-state index contributed by atoms with van der Waals surface area (Å²) in [6.07, 6.45) is 3.39. The molecule has 1 aromatic heterocycles. The van der Waals surface area contributed by atoms with Gasteiger partial charge in [-0.05, 0) is 44.8 Å². The molecule has 1 aliphatic heterocycles. The van der Waals surface area contributed by atoms with Gasteiger partial charge in [0.05, 0.1) is 6.42 Å². The summed E-state index contributed by atoms with van der Waals surface area (Å²) in [5.41, 5.74) is 2.50. The summed E-state index contributed by atoms with van der Waals surface area (Å²) >= 11 is 0. The number of benzene rings is 1. The van der Waals surface area contributed by atoms with Gasteiger partial charge in [-0.25, -0.2) is 0 Å². The van der Waals surface area contributed by atoms with Crippen LogP contribution in [0.5, 0.6) is 0 Å². The summed E-state index contributed by atoms with van der Waals surface area (Å²) in [5, 5.41) is 5.33. The highest BCUT2D eigenvalue weighted by Crippen LogP contribution is 2.09. The maximum atomic E-state index is 12.6. The summed E-state index contributed by atoms with van der Waals surface area (Å²) in [4.78, 5) is 28.7. The van der Waals surface area contributed by atoms with E-state index in [1.54, 1.807) is 0 Å². The van der Waals surface area contributed by atoms with Crippen LogP contribution in [0.3, 0.4) is 0 Å². The Kier molecular flexibility index (Phi) is 6.28. The molecule has 3 rings (SSSR count). The minimum atomic E-state index is -0.187. The van der Waals surface area contributed by atoms with Gasteiger partial charge >= 0.3 is 0 Å². The van der Waals surface area contributed by atoms with E-state index in [2.05, 4.69) is 39.4 Å². The molecule has 2 heterocycles. The van der Waals surface area contributed by atoms with Crippen molar-refractivity contribution < 1.29 is 4.79 Å². The van der Waals surface area contributed by atoms with Gasteiger partial charge in [0.25, 0.3) is 5.56 Å². The first-order valence-electron chi connectivity index (χ1n) is 9.43. The number of aryl methyl sites for hydroxylation is 2. The number of hydrogen-bond acceptors (Lipinski definition) is 3. The van der Waals surface area contributed by atoms with Crippen molar-refractivity contribution in [1.29, 1.82) is 0 Å². The van der Waals surface area contributed by atoms with Crippen molar-refractivity contribution in [2.24, 2.45) is 0 Å². The van der Waals surface area contributed by atoms with Crippen LogP contribution in [0.25, 0.3) is 0 Å². The van der Waals surface area contributed by atoms with Crippen LogP contribution in [-0.2, 0) is 17.6 Å². The van der Waals surface area contributed by atoms with Gasteiger partial charge in [-0.3, -0.25) is 14.7 Å². The smallest absolute Gasteiger partial charge is 0.267 e. The number of aromatic amines is 2. The lowest BCUT2D eigenvalue weighted by Crippen LogP contribution is -2.37. The third kappa shape index (κ3) is 4.85. The van der Waals surface area contributed by atoms with E-state index in [1.165, 1.54) is 5.56 Å². The van der Waals surface area contributed by atoms with Gasteiger partial charge in [0, 0.05) is 30.9 Å². The van der Waals surface area contributed by atoms with Crippen molar-refractivity contribution in [2.75, 3.05) is 32.7 Å². The molecular formula is C20H28N4O2. The van der Waals surface area contributed by atoms with Crippen molar-refractivity contribution in [2.45, 2.75) is 32.6 Å². The van der Waals surface area contributed by atoms with Crippen LogP contribution < -0.4 is 5.56 Å². The lowest BCUT2D eigenvalue weighted by Gasteiger charge is -2.22. The molecule has 1 aliphatic rings. The zero-order valence-electron chi connectivity index (χ0n) is 15.5. The van der Waals surface area contributed by atoms with E-state index < -0.39 is 0 Å². The van der Waals surface area contributed by atoms with Crippen LogP contribution in [0, 0.1) is 6.92 Å². The molecule has 0 aliphatic carbocycles. The van der Waals surface area contributed by atoms with Crippen molar-refractivity contribution >= 4 is 5.91 Å². The molecule has 0 atom stereocenters. The monoisotopic (exact) mass is 356 g/mol. The quantitative estimate of drug-likeness (QED) is 0.828. The second-order valence-corrected chi connectivity index (χ2v) is 7.02.